The molecule has 2 aliphatic rings. The van der Waals surface area contributed by atoms with Gasteiger partial charge in [0.05, 0.1) is 11.9 Å². The Morgan fingerprint density at radius 1 is 1.25 bits per heavy atom. The maximum absolute atomic E-state index is 13.1. The molecule has 1 aliphatic carbocycles. The van der Waals surface area contributed by atoms with Crippen molar-refractivity contribution in [2.45, 2.75) is 44.7 Å². The molecule has 1 amide bonds. The van der Waals surface area contributed by atoms with Gasteiger partial charge in [0.1, 0.15) is 17.0 Å². The van der Waals surface area contributed by atoms with Gasteiger partial charge < -0.3 is 10.6 Å². The minimum atomic E-state index is -0.556. The molecule has 6 heteroatoms. The van der Waals surface area contributed by atoms with E-state index in [0.29, 0.717) is 11.4 Å². The summed E-state index contributed by atoms with van der Waals surface area (Å²) in [5.41, 5.74) is 1.83. The molecule has 2 aromatic heterocycles. The Morgan fingerprint density at radius 2 is 2.04 bits per heavy atom. The molecule has 6 nitrogen and oxygen atoms in total. The first-order valence-corrected chi connectivity index (χ1v) is 8.37. The van der Waals surface area contributed by atoms with E-state index >= 15 is 0 Å². The molecule has 0 unspecified atom stereocenters. The minimum absolute atomic E-state index is 0.139. The van der Waals surface area contributed by atoms with Gasteiger partial charge >= 0.3 is 0 Å². The zero-order valence-electron chi connectivity index (χ0n) is 13.6. The molecule has 4 rings (SSSR count). The number of nitrogens with one attached hydrogen (secondary N) is 2. The lowest BCUT2D eigenvalue weighted by atomic mass is 9.89. The molecule has 124 valence electrons. The van der Waals surface area contributed by atoms with Crippen LogP contribution in [0, 0.1) is 6.92 Å². The standard InChI is InChI=1S/C18H20N4O2/c1-12-10-14(20-13-6-5-9-19-11-13)17(24)22-15(12)16(23)21-18(22)7-3-2-4-8-18/h5-6,9-11,20H,2-4,7-8H2,1H3,(H,21,23). The number of amides is 1. The molecular formula is C18H20N4O2. The third kappa shape index (κ3) is 2.21. The fourth-order valence-electron chi connectivity index (χ4n) is 3.93. The summed E-state index contributed by atoms with van der Waals surface area (Å²) in [5, 5.41) is 6.24. The Morgan fingerprint density at radius 3 is 2.75 bits per heavy atom. The zero-order chi connectivity index (χ0) is 16.7. The van der Waals surface area contributed by atoms with Crippen LogP contribution < -0.4 is 16.2 Å². The van der Waals surface area contributed by atoms with E-state index < -0.39 is 5.66 Å². The van der Waals surface area contributed by atoms with Crippen molar-refractivity contribution in [3.8, 4) is 0 Å². The highest BCUT2D eigenvalue weighted by atomic mass is 16.2. The number of carbonyl (C=O) groups excluding carboxylic acids is 1. The van der Waals surface area contributed by atoms with Crippen molar-refractivity contribution in [2.24, 2.45) is 0 Å². The summed E-state index contributed by atoms with van der Waals surface area (Å²) in [6.07, 6.45) is 8.16. The second kappa shape index (κ2) is 5.47. The van der Waals surface area contributed by atoms with Crippen LogP contribution in [-0.4, -0.2) is 15.5 Å². The van der Waals surface area contributed by atoms with Crippen LogP contribution >= 0.6 is 0 Å². The first-order valence-electron chi connectivity index (χ1n) is 8.37. The van der Waals surface area contributed by atoms with Crippen LogP contribution in [0.3, 0.4) is 0 Å². The van der Waals surface area contributed by atoms with Gasteiger partial charge in [-0.05, 0) is 56.4 Å². The molecule has 0 radical (unpaired) electrons. The van der Waals surface area contributed by atoms with E-state index in [4.69, 9.17) is 0 Å². The molecule has 1 saturated carbocycles. The number of anilines is 2. The van der Waals surface area contributed by atoms with Crippen molar-refractivity contribution in [3.63, 3.8) is 0 Å². The zero-order valence-corrected chi connectivity index (χ0v) is 13.6. The van der Waals surface area contributed by atoms with Crippen LogP contribution in [0.2, 0.25) is 0 Å². The Hall–Kier alpha value is -2.63. The normalized spacial score (nSPS) is 18.3. The molecular weight excluding hydrogens is 304 g/mol. The molecule has 1 fully saturated rings. The lowest BCUT2D eigenvalue weighted by Gasteiger charge is -2.35. The maximum Gasteiger partial charge on any atom is 0.276 e. The summed E-state index contributed by atoms with van der Waals surface area (Å²) in [5.74, 6) is -0.139. The van der Waals surface area contributed by atoms with Crippen LogP contribution in [0.1, 0.15) is 48.2 Å². The summed E-state index contributed by atoms with van der Waals surface area (Å²) in [6, 6.07) is 5.43. The summed E-state index contributed by atoms with van der Waals surface area (Å²) < 4.78 is 1.70. The minimum Gasteiger partial charge on any atom is -0.350 e. The molecule has 0 bridgehead atoms. The lowest BCUT2D eigenvalue weighted by molar-refractivity contribution is 0.0876. The number of hydrogen-bond donors (Lipinski definition) is 2. The first kappa shape index (κ1) is 14.9. The Balaban J connectivity index is 1.85. The molecule has 0 aromatic carbocycles. The van der Waals surface area contributed by atoms with E-state index in [1.165, 1.54) is 0 Å². The van der Waals surface area contributed by atoms with E-state index in [1.807, 2.05) is 19.1 Å². The van der Waals surface area contributed by atoms with Gasteiger partial charge in [-0.25, -0.2) is 0 Å². The van der Waals surface area contributed by atoms with Crippen molar-refractivity contribution in [1.29, 1.82) is 0 Å². The summed E-state index contributed by atoms with van der Waals surface area (Å²) in [7, 11) is 0. The highest BCUT2D eigenvalue weighted by molar-refractivity contribution is 5.97. The highest BCUT2D eigenvalue weighted by Gasteiger charge is 2.45. The molecule has 2 aromatic rings. The van der Waals surface area contributed by atoms with Gasteiger partial charge in [-0.2, -0.15) is 0 Å². The lowest BCUT2D eigenvalue weighted by Crippen LogP contribution is -2.48. The van der Waals surface area contributed by atoms with E-state index in [1.54, 1.807) is 23.0 Å². The van der Waals surface area contributed by atoms with Gasteiger partial charge in [-0.15, -0.1) is 0 Å². The number of fused-ring (bicyclic) bond motifs is 2. The van der Waals surface area contributed by atoms with Crippen LogP contribution in [-0.2, 0) is 5.66 Å². The maximum atomic E-state index is 13.1. The molecule has 24 heavy (non-hydrogen) atoms. The van der Waals surface area contributed by atoms with Crippen molar-refractivity contribution in [3.05, 3.63) is 52.2 Å². The molecule has 0 saturated heterocycles. The Labute approximate surface area is 139 Å². The molecule has 1 aliphatic heterocycles. The fraction of sp³-hybridized carbons (Fsp3) is 0.389. The van der Waals surface area contributed by atoms with Crippen molar-refractivity contribution in [2.75, 3.05) is 5.32 Å². The van der Waals surface area contributed by atoms with Crippen LogP contribution in [0.25, 0.3) is 0 Å². The molecule has 0 atom stereocenters. The smallest absolute Gasteiger partial charge is 0.276 e. The molecule has 2 N–H and O–H groups in total. The Kier molecular flexibility index (Phi) is 3.40. The van der Waals surface area contributed by atoms with Crippen molar-refractivity contribution < 1.29 is 4.79 Å². The number of pyridine rings is 2. The van der Waals surface area contributed by atoms with Crippen LogP contribution in [0.15, 0.2) is 35.4 Å². The topological polar surface area (TPSA) is 76.0 Å². The Bertz CT molecular complexity index is 851. The molecule has 1 spiro atoms. The number of hydrogen-bond acceptors (Lipinski definition) is 4. The number of nitrogens with zero attached hydrogens (tertiary/aromatic N) is 2. The van der Waals surface area contributed by atoms with Gasteiger partial charge in [0, 0.05) is 6.20 Å². The quantitative estimate of drug-likeness (QED) is 0.890. The number of rotatable bonds is 2. The summed E-state index contributed by atoms with van der Waals surface area (Å²) >= 11 is 0. The second-order valence-corrected chi connectivity index (χ2v) is 6.64. The summed E-state index contributed by atoms with van der Waals surface area (Å²) in [6.45, 7) is 1.88. The number of aromatic nitrogens is 2. The van der Waals surface area contributed by atoms with Gasteiger partial charge in [0.2, 0.25) is 0 Å². The largest absolute Gasteiger partial charge is 0.350 e. The van der Waals surface area contributed by atoms with E-state index in [2.05, 4.69) is 15.6 Å². The monoisotopic (exact) mass is 324 g/mol. The highest BCUT2D eigenvalue weighted by Crippen LogP contribution is 2.37. The number of aryl methyl sites for hydroxylation is 1. The van der Waals surface area contributed by atoms with Gasteiger partial charge in [0.15, 0.2) is 0 Å². The van der Waals surface area contributed by atoms with Gasteiger partial charge in [0.25, 0.3) is 11.5 Å². The third-order valence-corrected chi connectivity index (χ3v) is 5.00. The average molecular weight is 324 g/mol. The van der Waals surface area contributed by atoms with E-state index in [0.717, 1.165) is 43.4 Å². The molecule has 3 heterocycles. The predicted octanol–water partition coefficient (Wildman–Crippen LogP) is 2.66. The first-order chi connectivity index (χ1) is 11.6. The van der Waals surface area contributed by atoms with Crippen LogP contribution in [0.4, 0.5) is 11.4 Å². The van der Waals surface area contributed by atoms with Gasteiger partial charge in [-0.3, -0.25) is 19.1 Å². The van der Waals surface area contributed by atoms with E-state index in [-0.39, 0.29) is 11.5 Å². The third-order valence-electron chi connectivity index (χ3n) is 5.00. The predicted molar refractivity (Wildman–Crippen MR) is 91.5 cm³/mol. The van der Waals surface area contributed by atoms with Crippen LogP contribution in [0.5, 0.6) is 0 Å². The van der Waals surface area contributed by atoms with Crippen molar-refractivity contribution >= 4 is 17.3 Å². The summed E-state index contributed by atoms with van der Waals surface area (Å²) in [4.78, 5) is 29.7. The second-order valence-electron chi connectivity index (χ2n) is 6.64. The fourth-order valence-corrected chi connectivity index (χ4v) is 3.93. The van der Waals surface area contributed by atoms with E-state index in [9.17, 15) is 9.59 Å². The average Bonchev–Trinajstić information content (AvgIpc) is 2.86. The SMILES string of the molecule is Cc1cc(Nc2cccnc2)c(=O)n2c1C(=O)NC21CCCCC1. The number of carbonyl (C=O) groups is 1. The van der Waals surface area contributed by atoms with Gasteiger partial charge in [-0.1, -0.05) is 6.42 Å². The van der Waals surface area contributed by atoms with Crippen molar-refractivity contribution in [1.82, 2.24) is 14.9 Å².